The molecule has 1 aromatic carbocycles. The first-order valence-electron chi connectivity index (χ1n) is 7.59. The molecule has 122 valence electrons. The normalized spacial score (nSPS) is 13.8. The summed E-state index contributed by atoms with van der Waals surface area (Å²) in [5.41, 5.74) is -0.0575. The van der Waals surface area contributed by atoms with E-state index < -0.39 is 17.8 Å². The Morgan fingerprint density at radius 2 is 1.55 bits per heavy atom. The number of nitrogens with one attached hydrogen (secondary N) is 2. The van der Waals surface area contributed by atoms with Crippen molar-refractivity contribution in [2.24, 2.45) is 11.8 Å². The van der Waals surface area contributed by atoms with Crippen LogP contribution in [0.3, 0.4) is 0 Å². The lowest BCUT2D eigenvalue weighted by Gasteiger charge is -2.25. The van der Waals surface area contributed by atoms with Gasteiger partial charge in [0.05, 0.1) is 5.56 Å². The zero-order valence-electron chi connectivity index (χ0n) is 13.8. The second-order valence-corrected chi connectivity index (χ2v) is 6.22. The Morgan fingerprint density at radius 3 is 2.05 bits per heavy atom. The summed E-state index contributed by atoms with van der Waals surface area (Å²) in [4.78, 5) is 24.5. The van der Waals surface area contributed by atoms with Gasteiger partial charge in [0.25, 0.3) is 5.91 Å². The van der Waals surface area contributed by atoms with Gasteiger partial charge in [-0.05, 0) is 30.9 Å². The van der Waals surface area contributed by atoms with Gasteiger partial charge in [0, 0.05) is 6.04 Å². The second kappa shape index (κ2) is 7.92. The molecule has 4 nitrogen and oxygen atoms in total. The molecule has 0 spiro atoms. The minimum absolute atomic E-state index is 0.000821. The van der Waals surface area contributed by atoms with E-state index in [2.05, 4.69) is 10.6 Å². The molecule has 5 heteroatoms. The van der Waals surface area contributed by atoms with Crippen LogP contribution in [0.5, 0.6) is 0 Å². The molecular weight excluding hydrogens is 283 g/mol. The van der Waals surface area contributed by atoms with Crippen molar-refractivity contribution >= 4 is 11.8 Å². The first kappa shape index (κ1) is 18.1. The summed E-state index contributed by atoms with van der Waals surface area (Å²) < 4.78 is 13.6. The Bertz CT molecular complexity index is 529. The van der Waals surface area contributed by atoms with E-state index in [0.717, 1.165) is 0 Å². The Kier molecular flexibility index (Phi) is 6.53. The molecule has 2 N–H and O–H groups in total. The zero-order valence-corrected chi connectivity index (χ0v) is 13.8. The van der Waals surface area contributed by atoms with E-state index in [-0.39, 0.29) is 23.4 Å². The van der Waals surface area contributed by atoms with Crippen LogP contribution in [0.25, 0.3) is 0 Å². The first-order valence-corrected chi connectivity index (χ1v) is 7.59. The van der Waals surface area contributed by atoms with Crippen LogP contribution in [0.4, 0.5) is 4.39 Å². The van der Waals surface area contributed by atoms with Gasteiger partial charge in [-0.25, -0.2) is 4.39 Å². The summed E-state index contributed by atoms with van der Waals surface area (Å²) in [7, 11) is 0. The van der Waals surface area contributed by atoms with E-state index in [1.54, 1.807) is 6.07 Å². The zero-order chi connectivity index (χ0) is 16.9. The standard InChI is InChI=1S/C17H25FN2O2/c1-10(2)12(5)19-17(22)15(11(3)4)20-16(21)13-8-6-7-9-14(13)18/h6-12,15H,1-5H3,(H,19,22)(H,20,21). The number of benzene rings is 1. The SMILES string of the molecule is CC(C)C(C)NC(=O)C(NC(=O)c1ccccc1F)C(C)C. The Hall–Kier alpha value is -1.91. The van der Waals surface area contributed by atoms with Gasteiger partial charge in [0.2, 0.25) is 5.91 Å². The largest absolute Gasteiger partial charge is 0.352 e. The van der Waals surface area contributed by atoms with Crippen LogP contribution in [0.15, 0.2) is 24.3 Å². The summed E-state index contributed by atoms with van der Waals surface area (Å²) in [5.74, 6) is -1.24. The van der Waals surface area contributed by atoms with Crippen molar-refractivity contribution in [3.05, 3.63) is 35.6 Å². The summed E-state index contributed by atoms with van der Waals surface area (Å²) in [6.07, 6.45) is 0. The van der Waals surface area contributed by atoms with Gasteiger partial charge in [-0.15, -0.1) is 0 Å². The van der Waals surface area contributed by atoms with Gasteiger partial charge in [-0.3, -0.25) is 9.59 Å². The molecule has 0 aromatic heterocycles. The van der Waals surface area contributed by atoms with E-state index in [1.807, 2.05) is 34.6 Å². The van der Waals surface area contributed by atoms with E-state index >= 15 is 0 Å². The van der Waals surface area contributed by atoms with Crippen LogP contribution in [-0.4, -0.2) is 23.9 Å². The highest BCUT2D eigenvalue weighted by molar-refractivity contribution is 5.97. The van der Waals surface area contributed by atoms with Gasteiger partial charge < -0.3 is 10.6 Å². The van der Waals surface area contributed by atoms with Gasteiger partial charge >= 0.3 is 0 Å². The van der Waals surface area contributed by atoms with Crippen LogP contribution >= 0.6 is 0 Å². The molecule has 2 amide bonds. The molecule has 0 aliphatic carbocycles. The van der Waals surface area contributed by atoms with Crippen molar-refractivity contribution in [1.29, 1.82) is 0 Å². The first-order chi connectivity index (χ1) is 10.2. The quantitative estimate of drug-likeness (QED) is 0.849. The average Bonchev–Trinajstić information content (AvgIpc) is 2.44. The molecule has 0 aliphatic heterocycles. The molecule has 0 heterocycles. The van der Waals surface area contributed by atoms with E-state index in [4.69, 9.17) is 0 Å². The molecule has 0 fully saturated rings. The smallest absolute Gasteiger partial charge is 0.254 e. The Labute approximate surface area is 131 Å². The average molecular weight is 308 g/mol. The van der Waals surface area contributed by atoms with Gasteiger partial charge in [0.15, 0.2) is 0 Å². The fourth-order valence-corrected chi connectivity index (χ4v) is 1.88. The van der Waals surface area contributed by atoms with Crippen molar-refractivity contribution in [2.45, 2.75) is 46.7 Å². The molecule has 1 aromatic rings. The highest BCUT2D eigenvalue weighted by atomic mass is 19.1. The molecule has 0 radical (unpaired) electrons. The van der Waals surface area contributed by atoms with Crippen LogP contribution in [0.1, 0.15) is 45.0 Å². The van der Waals surface area contributed by atoms with Crippen molar-refractivity contribution in [2.75, 3.05) is 0 Å². The fourth-order valence-electron chi connectivity index (χ4n) is 1.88. The number of rotatable bonds is 6. The Balaban J connectivity index is 2.82. The molecule has 2 atom stereocenters. The maximum atomic E-state index is 13.6. The lowest BCUT2D eigenvalue weighted by Crippen LogP contribution is -2.52. The van der Waals surface area contributed by atoms with Crippen molar-refractivity contribution < 1.29 is 14.0 Å². The lowest BCUT2D eigenvalue weighted by molar-refractivity contribution is -0.124. The number of hydrogen-bond acceptors (Lipinski definition) is 2. The van der Waals surface area contributed by atoms with Crippen molar-refractivity contribution in [3.8, 4) is 0 Å². The van der Waals surface area contributed by atoms with Gasteiger partial charge in [0.1, 0.15) is 11.9 Å². The summed E-state index contributed by atoms with van der Waals surface area (Å²) in [5, 5.41) is 5.51. The van der Waals surface area contributed by atoms with Gasteiger partial charge in [-0.2, -0.15) is 0 Å². The van der Waals surface area contributed by atoms with E-state index in [1.165, 1.54) is 18.2 Å². The van der Waals surface area contributed by atoms with Crippen molar-refractivity contribution in [1.82, 2.24) is 10.6 Å². The van der Waals surface area contributed by atoms with Crippen LogP contribution < -0.4 is 10.6 Å². The van der Waals surface area contributed by atoms with E-state index in [9.17, 15) is 14.0 Å². The predicted octanol–water partition coefficient (Wildman–Crippen LogP) is 2.74. The number of carbonyl (C=O) groups excluding carboxylic acids is 2. The number of hydrogen-bond donors (Lipinski definition) is 2. The predicted molar refractivity (Wildman–Crippen MR) is 84.9 cm³/mol. The molecule has 0 saturated carbocycles. The molecule has 0 saturated heterocycles. The topological polar surface area (TPSA) is 58.2 Å². The minimum atomic E-state index is -0.701. The third kappa shape index (κ3) is 4.83. The van der Waals surface area contributed by atoms with Crippen LogP contribution in [-0.2, 0) is 4.79 Å². The maximum Gasteiger partial charge on any atom is 0.254 e. The maximum absolute atomic E-state index is 13.6. The monoisotopic (exact) mass is 308 g/mol. The summed E-state index contributed by atoms with van der Waals surface area (Å²) >= 11 is 0. The molecule has 0 aliphatic rings. The molecular formula is C17H25FN2O2. The minimum Gasteiger partial charge on any atom is -0.352 e. The summed E-state index contributed by atoms with van der Waals surface area (Å²) in [6, 6.07) is 5.02. The molecule has 0 bridgehead atoms. The molecule has 1 rings (SSSR count). The number of amides is 2. The molecule has 2 unspecified atom stereocenters. The fraction of sp³-hybridized carbons (Fsp3) is 0.529. The highest BCUT2D eigenvalue weighted by Crippen LogP contribution is 2.10. The number of halogens is 1. The highest BCUT2D eigenvalue weighted by Gasteiger charge is 2.26. The van der Waals surface area contributed by atoms with Crippen LogP contribution in [0.2, 0.25) is 0 Å². The van der Waals surface area contributed by atoms with Crippen LogP contribution in [0, 0.1) is 17.7 Å². The third-order valence-corrected chi connectivity index (χ3v) is 3.72. The second-order valence-electron chi connectivity index (χ2n) is 6.22. The summed E-state index contributed by atoms with van der Waals surface area (Å²) in [6.45, 7) is 9.61. The Morgan fingerprint density at radius 1 is 0.955 bits per heavy atom. The number of carbonyl (C=O) groups is 2. The molecule has 22 heavy (non-hydrogen) atoms. The lowest BCUT2D eigenvalue weighted by atomic mass is 10.0. The van der Waals surface area contributed by atoms with Gasteiger partial charge in [-0.1, -0.05) is 39.8 Å². The van der Waals surface area contributed by atoms with E-state index in [0.29, 0.717) is 5.92 Å². The third-order valence-electron chi connectivity index (χ3n) is 3.72. The van der Waals surface area contributed by atoms with Crippen molar-refractivity contribution in [3.63, 3.8) is 0 Å².